The second-order valence-electron chi connectivity index (χ2n) is 8.69. The van der Waals surface area contributed by atoms with Gasteiger partial charge in [0.15, 0.2) is 0 Å². The summed E-state index contributed by atoms with van der Waals surface area (Å²) in [5.41, 5.74) is 7.65. The van der Waals surface area contributed by atoms with E-state index < -0.39 is 0 Å². The third-order valence-electron chi connectivity index (χ3n) is 6.93. The Bertz CT molecular complexity index is 1980. The number of aromatic amines is 1. The van der Waals surface area contributed by atoms with E-state index in [2.05, 4.69) is 113 Å². The quantitative estimate of drug-likeness (QED) is 0.283. The van der Waals surface area contributed by atoms with Gasteiger partial charge in [-0.3, -0.25) is 0 Å². The first-order valence-corrected chi connectivity index (χ1v) is 11.2. The van der Waals surface area contributed by atoms with Crippen molar-refractivity contribution in [2.24, 2.45) is 0 Å². The third-order valence-corrected chi connectivity index (χ3v) is 6.93. The second-order valence-corrected chi connectivity index (χ2v) is 8.69. The Labute approximate surface area is 188 Å². The molecule has 0 saturated carbocycles. The van der Waals surface area contributed by atoms with Crippen LogP contribution in [0.4, 0.5) is 0 Å². The number of hydrogen-bond donors (Lipinski definition) is 1. The smallest absolute Gasteiger partial charge is 0.145 e. The maximum absolute atomic E-state index is 6.45. The Morgan fingerprint density at radius 1 is 0.545 bits per heavy atom. The van der Waals surface area contributed by atoms with Gasteiger partial charge in [-0.15, -0.1) is 0 Å². The van der Waals surface area contributed by atoms with E-state index in [1.54, 1.807) is 0 Å². The predicted molar refractivity (Wildman–Crippen MR) is 137 cm³/mol. The molecule has 5 aromatic carbocycles. The Kier molecular flexibility index (Phi) is 3.14. The monoisotopic (exact) mass is 422 g/mol. The van der Waals surface area contributed by atoms with Crippen molar-refractivity contribution in [1.29, 1.82) is 0 Å². The average Bonchev–Trinajstić information content (AvgIpc) is 3.52. The van der Waals surface area contributed by atoms with Gasteiger partial charge in [-0.2, -0.15) is 0 Å². The van der Waals surface area contributed by atoms with Crippen molar-refractivity contribution in [2.75, 3.05) is 0 Å². The van der Waals surface area contributed by atoms with Crippen LogP contribution in [0.5, 0.6) is 0 Å². The molecule has 0 aliphatic carbocycles. The minimum absolute atomic E-state index is 0.910. The Morgan fingerprint density at radius 3 is 2.03 bits per heavy atom. The molecule has 154 valence electrons. The molecule has 0 atom stereocenters. The molecular weight excluding hydrogens is 404 g/mol. The molecule has 0 fully saturated rings. The molecule has 33 heavy (non-hydrogen) atoms. The van der Waals surface area contributed by atoms with Crippen LogP contribution in [-0.4, -0.2) is 9.55 Å². The summed E-state index contributed by atoms with van der Waals surface area (Å²) < 4.78 is 8.80. The van der Waals surface area contributed by atoms with E-state index >= 15 is 0 Å². The fourth-order valence-corrected chi connectivity index (χ4v) is 5.49. The van der Waals surface area contributed by atoms with Crippen LogP contribution in [0.1, 0.15) is 0 Å². The molecule has 0 saturated heterocycles. The summed E-state index contributed by atoms with van der Waals surface area (Å²) in [6.45, 7) is 0. The van der Waals surface area contributed by atoms with Gasteiger partial charge >= 0.3 is 0 Å². The van der Waals surface area contributed by atoms with Gasteiger partial charge in [0, 0.05) is 38.1 Å². The van der Waals surface area contributed by atoms with Crippen molar-refractivity contribution in [2.45, 2.75) is 0 Å². The van der Waals surface area contributed by atoms with Crippen LogP contribution in [-0.2, 0) is 0 Å². The zero-order valence-corrected chi connectivity index (χ0v) is 17.7. The highest BCUT2D eigenvalue weighted by Crippen LogP contribution is 2.39. The number of nitrogens with one attached hydrogen (secondary N) is 1. The number of hydrogen-bond acceptors (Lipinski definition) is 1. The van der Waals surface area contributed by atoms with E-state index in [1.807, 2.05) is 0 Å². The summed E-state index contributed by atoms with van der Waals surface area (Å²) in [5, 5.41) is 7.16. The zero-order chi connectivity index (χ0) is 21.5. The summed E-state index contributed by atoms with van der Waals surface area (Å²) in [6, 6.07) is 36.5. The lowest BCUT2D eigenvalue weighted by Gasteiger charge is -2.07. The van der Waals surface area contributed by atoms with Crippen molar-refractivity contribution in [1.82, 2.24) is 9.55 Å². The number of fused-ring (bicyclic) bond motifs is 10. The standard InChI is InChI=1S/C30H18N2O/c1-4-10-24-22(9-1)29-25(31-24)15-14-21-23-17-18(13-16-28(23)33-30(21)29)32-26-11-5-2-7-19(26)20-8-3-6-12-27(20)32/h1-17,31H. The molecule has 3 aromatic heterocycles. The summed E-state index contributed by atoms with van der Waals surface area (Å²) >= 11 is 0. The number of H-pyrrole nitrogens is 1. The second kappa shape index (κ2) is 6.05. The number of para-hydroxylation sites is 3. The minimum atomic E-state index is 0.910. The van der Waals surface area contributed by atoms with E-state index in [9.17, 15) is 0 Å². The van der Waals surface area contributed by atoms with Crippen molar-refractivity contribution < 1.29 is 4.42 Å². The number of furan rings is 1. The summed E-state index contributed by atoms with van der Waals surface area (Å²) in [4.78, 5) is 3.52. The van der Waals surface area contributed by atoms with Gasteiger partial charge in [-0.1, -0.05) is 54.6 Å². The van der Waals surface area contributed by atoms with Gasteiger partial charge in [0.1, 0.15) is 11.2 Å². The number of benzene rings is 5. The first-order chi connectivity index (χ1) is 16.4. The molecular formula is C30H18N2O. The first kappa shape index (κ1) is 17.1. The van der Waals surface area contributed by atoms with E-state index in [-0.39, 0.29) is 0 Å². The number of nitrogens with zero attached hydrogens (tertiary/aromatic N) is 1. The summed E-state index contributed by atoms with van der Waals surface area (Å²) in [7, 11) is 0. The topological polar surface area (TPSA) is 33.9 Å². The highest BCUT2D eigenvalue weighted by atomic mass is 16.3. The SMILES string of the molecule is c1ccc2c(c1)[nH]c1ccc3c4cc(-n5c6ccccc6c6ccccc65)ccc4oc3c12. The van der Waals surface area contributed by atoms with Crippen LogP contribution in [0.15, 0.2) is 108 Å². The van der Waals surface area contributed by atoms with Crippen molar-refractivity contribution in [3.8, 4) is 5.69 Å². The molecule has 3 heteroatoms. The summed E-state index contributed by atoms with van der Waals surface area (Å²) in [6.07, 6.45) is 0. The first-order valence-electron chi connectivity index (χ1n) is 11.2. The highest BCUT2D eigenvalue weighted by molar-refractivity contribution is 6.23. The highest BCUT2D eigenvalue weighted by Gasteiger charge is 2.16. The van der Waals surface area contributed by atoms with Gasteiger partial charge in [-0.05, 0) is 48.5 Å². The third kappa shape index (κ3) is 2.18. The van der Waals surface area contributed by atoms with Crippen molar-refractivity contribution in [3.63, 3.8) is 0 Å². The molecule has 8 rings (SSSR count). The molecule has 0 amide bonds. The van der Waals surface area contributed by atoms with Crippen LogP contribution >= 0.6 is 0 Å². The molecule has 3 nitrogen and oxygen atoms in total. The van der Waals surface area contributed by atoms with Crippen molar-refractivity contribution >= 4 is 65.6 Å². The molecule has 1 N–H and O–H groups in total. The number of rotatable bonds is 1. The van der Waals surface area contributed by atoms with Crippen LogP contribution < -0.4 is 0 Å². The van der Waals surface area contributed by atoms with Gasteiger partial charge in [0.25, 0.3) is 0 Å². The maximum Gasteiger partial charge on any atom is 0.145 e. The van der Waals surface area contributed by atoms with E-state index in [0.717, 1.165) is 44.0 Å². The molecule has 0 unspecified atom stereocenters. The lowest BCUT2D eigenvalue weighted by Crippen LogP contribution is -1.93. The van der Waals surface area contributed by atoms with E-state index in [0.29, 0.717) is 0 Å². The lowest BCUT2D eigenvalue weighted by atomic mass is 10.1. The number of aromatic nitrogens is 2. The average molecular weight is 422 g/mol. The maximum atomic E-state index is 6.45. The molecule has 8 aromatic rings. The fourth-order valence-electron chi connectivity index (χ4n) is 5.49. The molecule has 3 heterocycles. The van der Waals surface area contributed by atoms with Crippen LogP contribution in [0.3, 0.4) is 0 Å². The van der Waals surface area contributed by atoms with Gasteiger partial charge < -0.3 is 14.0 Å². The van der Waals surface area contributed by atoms with Gasteiger partial charge in [-0.25, -0.2) is 0 Å². The van der Waals surface area contributed by atoms with Gasteiger partial charge in [0.2, 0.25) is 0 Å². The Balaban J connectivity index is 1.48. The summed E-state index contributed by atoms with van der Waals surface area (Å²) in [5.74, 6) is 0. The van der Waals surface area contributed by atoms with Crippen LogP contribution in [0, 0.1) is 0 Å². The van der Waals surface area contributed by atoms with Crippen LogP contribution in [0.25, 0.3) is 71.2 Å². The molecule has 0 spiro atoms. The Morgan fingerprint density at radius 2 is 1.24 bits per heavy atom. The normalized spacial score (nSPS) is 12.2. The fraction of sp³-hybridized carbons (Fsp3) is 0. The van der Waals surface area contributed by atoms with Gasteiger partial charge in [0.05, 0.1) is 21.9 Å². The van der Waals surface area contributed by atoms with Crippen molar-refractivity contribution in [3.05, 3.63) is 103 Å². The largest absolute Gasteiger partial charge is 0.455 e. The molecule has 0 aliphatic rings. The lowest BCUT2D eigenvalue weighted by molar-refractivity contribution is 0.673. The Hall–Kier alpha value is -4.50. The molecule has 0 radical (unpaired) electrons. The zero-order valence-electron chi connectivity index (χ0n) is 17.7. The molecule has 0 bridgehead atoms. The van der Waals surface area contributed by atoms with Crippen LogP contribution in [0.2, 0.25) is 0 Å². The van der Waals surface area contributed by atoms with E-state index in [1.165, 1.54) is 27.2 Å². The minimum Gasteiger partial charge on any atom is -0.455 e. The predicted octanol–water partition coefficient (Wildman–Crippen LogP) is 8.32. The van der Waals surface area contributed by atoms with E-state index in [4.69, 9.17) is 4.42 Å². The molecule has 0 aliphatic heterocycles.